The van der Waals surface area contributed by atoms with Crippen LogP contribution < -0.4 is 25.8 Å². The van der Waals surface area contributed by atoms with Crippen molar-refractivity contribution in [1.29, 1.82) is 0 Å². The summed E-state index contributed by atoms with van der Waals surface area (Å²) < 4.78 is 15.6. The van der Waals surface area contributed by atoms with Gasteiger partial charge in [0.15, 0.2) is 0 Å². The van der Waals surface area contributed by atoms with Crippen molar-refractivity contribution in [3.63, 3.8) is 0 Å². The Hall–Kier alpha value is -3.75. The number of ether oxygens (including phenoxy) is 3. The summed E-state index contributed by atoms with van der Waals surface area (Å²) >= 11 is 0. The Morgan fingerprint density at radius 3 is 1.62 bits per heavy atom. The molecule has 0 saturated carbocycles. The largest absolute Gasteiger partial charge is 0.497 e. The minimum absolute atomic E-state index is 0.125. The van der Waals surface area contributed by atoms with Gasteiger partial charge in [0.25, 0.3) is 5.91 Å². The van der Waals surface area contributed by atoms with Crippen LogP contribution in [0.1, 0.15) is 31.9 Å². The third-order valence-electron chi connectivity index (χ3n) is 4.84. The highest BCUT2D eigenvalue weighted by Crippen LogP contribution is 2.15. The van der Waals surface area contributed by atoms with Crippen LogP contribution in [0.4, 0.5) is 4.79 Å². The zero-order valence-electron chi connectivity index (χ0n) is 20.1. The minimum Gasteiger partial charge on any atom is -0.497 e. The average molecular weight is 471 g/mol. The quantitative estimate of drug-likeness (QED) is 0.550. The van der Waals surface area contributed by atoms with Gasteiger partial charge in [0.2, 0.25) is 5.91 Å². The summed E-state index contributed by atoms with van der Waals surface area (Å²) in [5, 5.41) is 5.18. The number of hydrogen-bond donors (Lipinski definition) is 2. The van der Waals surface area contributed by atoms with Gasteiger partial charge < -0.3 is 24.8 Å². The molecule has 183 valence electrons. The third kappa shape index (κ3) is 8.65. The molecule has 3 amide bonds. The molecule has 3 N–H and O–H groups in total. The lowest BCUT2D eigenvalue weighted by Gasteiger charge is -2.25. The molecule has 2 atom stereocenters. The van der Waals surface area contributed by atoms with Crippen molar-refractivity contribution in [1.82, 2.24) is 16.4 Å². The van der Waals surface area contributed by atoms with Gasteiger partial charge in [-0.3, -0.25) is 15.3 Å². The van der Waals surface area contributed by atoms with Crippen molar-refractivity contribution >= 4 is 17.9 Å². The number of carbonyl (C=O) groups is 3. The van der Waals surface area contributed by atoms with Gasteiger partial charge in [-0.1, -0.05) is 24.3 Å². The zero-order chi connectivity index (χ0) is 25.3. The predicted octanol–water partition coefficient (Wildman–Crippen LogP) is 2.68. The number of hydrogen-bond acceptors (Lipinski definition) is 6. The number of amides is 3. The average Bonchev–Trinajstić information content (AvgIpc) is 2.77. The van der Waals surface area contributed by atoms with Crippen LogP contribution in [-0.4, -0.2) is 49.8 Å². The maximum atomic E-state index is 13.1. The summed E-state index contributed by atoms with van der Waals surface area (Å²) in [7, 11) is 3.10. The summed E-state index contributed by atoms with van der Waals surface area (Å²) in [5.74, 6) is -0.225. The fourth-order valence-electron chi connectivity index (χ4n) is 3.14. The van der Waals surface area contributed by atoms with E-state index in [1.807, 2.05) is 0 Å². The molecule has 0 aromatic heterocycles. The van der Waals surface area contributed by atoms with E-state index in [0.29, 0.717) is 11.5 Å². The van der Waals surface area contributed by atoms with E-state index >= 15 is 0 Å². The first-order valence-corrected chi connectivity index (χ1v) is 10.8. The van der Waals surface area contributed by atoms with E-state index in [1.54, 1.807) is 83.5 Å². The maximum Gasteiger partial charge on any atom is 0.408 e. The van der Waals surface area contributed by atoms with Crippen LogP contribution >= 0.6 is 0 Å². The van der Waals surface area contributed by atoms with E-state index in [9.17, 15) is 14.4 Å². The second-order valence-electron chi connectivity index (χ2n) is 8.73. The van der Waals surface area contributed by atoms with Crippen molar-refractivity contribution in [3.05, 3.63) is 59.7 Å². The van der Waals surface area contributed by atoms with Crippen molar-refractivity contribution < 1.29 is 28.6 Å². The molecule has 2 rings (SSSR count). The molecule has 0 spiro atoms. The predicted molar refractivity (Wildman–Crippen MR) is 127 cm³/mol. The van der Waals surface area contributed by atoms with Crippen LogP contribution in [0.3, 0.4) is 0 Å². The smallest absolute Gasteiger partial charge is 0.408 e. The van der Waals surface area contributed by atoms with E-state index in [0.717, 1.165) is 11.1 Å². The van der Waals surface area contributed by atoms with Crippen LogP contribution in [0.5, 0.6) is 11.5 Å². The number of carbonyl (C=O) groups excluding carboxylic acids is 3. The summed E-state index contributed by atoms with van der Waals surface area (Å²) in [6.07, 6.45) is -0.485. The van der Waals surface area contributed by atoms with Crippen molar-refractivity contribution in [2.45, 2.75) is 51.3 Å². The molecule has 9 nitrogen and oxygen atoms in total. The van der Waals surface area contributed by atoms with E-state index in [2.05, 4.69) is 10.6 Å². The molecule has 0 saturated heterocycles. The molecule has 2 unspecified atom stereocenters. The van der Waals surface area contributed by atoms with Gasteiger partial charge in [-0.05, 0) is 56.2 Å². The second kappa shape index (κ2) is 11.9. The van der Waals surface area contributed by atoms with Crippen LogP contribution in [-0.2, 0) is 27.2 Å². The molecule has 0 bridgehead atoms. The zero-order valence-corrected chi connectivity index (χ0v) is 20.1. The summed E-state index contributed by atoms with van der Waals surface area (Å²) in [6.45, 7) is 5.15. The molecule has 2 aromatic carbocycles. The van der Waals surface area contributed by atoms with Gasteiger partial charge in [0.05, 0.1) is 14.2 Å². The van der Waals surface area contributed by atoms with Gasteiger partial charge >= 0.3 is 6.09 Å². The Balaban J connectivity index is 2.18. The van der Waals surface area contributed by atoms with Gasteiger partial charge in [0, 0.05) is 12.8 Å². The molecule has 1 radical (unpaired) electrons. The SMILES string of the molecule is COc1ccc(CC(NC(=O)C(Cc2ccc(OC)cc2)NC(=O)OC(C)(C)C)C([NH])=O)cc1. The Kier molecular flexibility index (Phi) is 9.29. The molecule has 34 heavy (non-hydrogen) atoms. The van der Waals surface area contributed by atoms with Crippen LogP contribution in [0.15, 0.2) is 48.5 Å². The van der Waals surface area contributed by atoms with Crippen molar-refractivity contribution in [3.8, 4) is 11.5 Å². The van der Waals surface area contributed by atoms with Crippen LogP contribution in [0, 0.1) is 0 Å². The normalized spacial score (nSPS) is 12.7. The second-order valence-corrected chi connectivity index (χ2v) is 8.73. The van der Waals surface area contributed by atoms with Crippen LogP contribution in [0.25, 0.3) is 0 Å². The number of alkyl carbamates (subject to hydrolysis) is 1. The monoisotopic (exact) mass is 470 g/mol. The van der Waals surface area contributed by atoms with Gasteiger partial charge in [0.1, 0.15) is 29.2 Å². The Morgan fingerprint density at radius 1 is 0.794 bits per heavy atom. The number of rotatable bonds is 10. The van der Waals surface area contributed by atoms with E-state index < -0.39 is 35.6 Å². The molecular formula is C25H32N3O6. The maximum absolute atomic E-state index is 13.1. The third-order valence-corrected chi connectivity index (χ3v) is 4.84. The van der Waals surface area contributed by atoms with Gasteiger partial charge in [-0.2, -0.15) is 0 Å². The molecule has 0 fully saturated rings. The van der Waals surface area contributed by atoms with E-state index in [1.165, 1.54) is 0 Å². The first-order chi connectivity index (χ1) is 16.0. The molecule has 0 aliphatic rings. The Labute approximate surface area is 199 Å². The lowest BCUT2D eigenvalue weighted by Crippen LogP contribution is -2.53. The summed E-state index contributed by atoms with van der Waals surface area (Å²) in [4.78, 5) is 37.5. The molecule has 0 aliphatic carbocycles. The highest BCUT2D eigenvalue weighted by atomic mass is 16.6. The highest BCUT2D eigenvalue weighted by molar-refractivity contribution is 5.90. The van der Waals surface area contributed by atoms with Crippen molar-refractivity contribution in [2.24, 2.45) is 0 Å². The molecule has 9 heteroatoms. The molecule has 0 aliphatic heterocycles. The highest BCUT2D eigenvalue weighted by Gasteiger charge is 2.28. The first-order valence-electron chi connectivity index (χ1n) is 10.8. The molecular weight excluding hydrogens is 438 g/mol. The Bertz CT molecular complexity index is 968. The Morgan fingerprint density at radius 2 is 1.24 bits per heavy atom. The molecule has 2 aromatic rings. The van der Waals surface area contributed by atoms with Crippen LogP contribution in [0.2, 0.25) is 0 Å². The standard InChI is InChI=1S/C25H32N3O6/c1-25(2,3)34-24(31)28-21(15-17-8-12-19(33-5)13-9-17)23(30)27-20(22(26)29)14-16-6-10-18(32-4)11-7-16/h6-13,20-21,26H,14-15H2,1-5H3,(H,27,30)(H,28,31). The summed E-state index contributed by atoms with van der Waals surface area (Å²) in [6, 6.07) is 11.9. The van der Waals surface area contributed by atoms with E-state index in [-0.39, 0.29) is 12.8 Å². The number of nitrogens with one attached hydrogen (secondary N) is 3. The molecule has 0 heterocycles. The lowest BCUT2D eigenvalue weighted by atomic mass is 10.0. The fourth-order valence-corrected chi connectivity index (χ4v) is 3.14. The topological polar surface area (TPSA) is 127 Å². The number of benzene rings is 2. The van der Waals surface area contributed by atoms with Gasteiger partial charge in [-0.25, -0.2) is 4.79 Å². The first kappa shape index (κ1) is 26.5. The summed E-state index contributed by atoms with van der Waals surface area (Å²) in [5.41, 5.74) is 8.38. The fraction of sp³-hybridized carbons (Fsp3) is 0.400. The lowest BCUT2D eigenvalue weighted by molar-refractivity contribution is -0.128. The van der Waals surface area contributed by atoms with Gasteiger partial charge in [-0.15, -0.1) is 0 Å². The van der Waals surface area contributed by atoms with E-state index in [4.69, 9.17) is 19.9 Å². The minimum atomic E-state index is -1.08. The number of methoxy groups -OCH3 is 2. The van der Waals surface area contributed by atoms with Crippen molar-refractivity contribution in [2.75, 3.05) is 14.2 Å².